The van der Waals surface area contributed by atoms with Crippen molar-refractivity contribution in [2.45, 2.75) is 23.4 Å². The number of rotatable bonds is 6. The van der Waals surface area contributed by atoms with Crippen molar-refractivity contribution in [3.8, 4) is 0 Å². The highest BCUT2D eigenvalue weighted by molar-refractivity contribution is 7.98. The van der Waals surface area contributed by atoms with E-state index in [2.05, 4.69) is 0 Å². The Labute approximate surface area is 180 Å². The molecule has 1 heterocycles. The zero-order valence-electron chi connectivity index (χ0n) is 16.2. The molecule has 0 radical (unpaired) electrons. The molecule has 0 saturated heterocycles. The predicted molar refractivity (Wildman–Crippen MR) is 115 cm³/mol. The van der Waals surface area contributed by atoms with Gasteiger partial charge >= 0.3 is 6.18 Å². The Morgan fingerprint density at radius 3 is 2.39 bits per heavy atom. The van der Waals surface area contributed by atoms with Crippen LogP contribution in [-0.2, 0) is 18.5 Å². The SMILES string of the molecule is O=[N+]([O-])c1ccc(Cn2cc(SCc3cccc(C(F)(F)F)c3)c3ccccc32)cc1. The van der Waals surface area contributed by atoms with Crippen LogP contribution in [0.2, 0.25) is 0 Å². The van der Waals surface area contributed by atoms with E-state index in [4.69, 9.17) is 0 Å². The monoisotopic (exact) mass is 442 g/mol. The van der Waals surface area contributed by atoms with E-state index in [1.165, 1.54) is 36.0 Å². The molecule has 0 amide bonds. The van der Waals surface area contributed by atoms with E-state index in [-0.39, 0.29) is 5.69 Å². The molecule has 0 fully saturated rings. The van der Waals surface area contributed by atoms with E-state index < -0.39 is 16.7 Å². The van der Waals surface area contributed by atoms with Crippen LogP contribution in [0.1, 0.15) is 16.7 Å². The lowest BCUT2D eigenvalue weighted by atomic mass is 10.1. The number of alkyl halides is 3. The molecule has 0 saturated carbocycles. The van der Waals surface area contributed by atoms with Gasteiger partial charge in [0.25, 0.3) is 5.69 Å². The first-order chi connectivity index (χ1) is 14.8. The van der Waals surface area contributed by atoms with Crippen LogP contribution in [0, 0.1) is 10.1 Å². The molecule has 8 heteroatoms. The Kier molecular flexibility index (Phi) is 5.73. The number of hydrogen-bond donors (Lipinski definition) is 0. The topological polar surface area (TPSA) is 48.1 Å². The minimum absolute atomic E-state index is 0.0402. The third-order valence-corrected chi connectivity index (χ3v) is 6.01. The molecule has 1 aromatic heterocycles. The van der Waals surface area contributed by atoms with Crippen LogP contribution in [0.3, 0.4) is 0 Å². The third-order valence-electron chi connectivity index (χ3n) is 4.90. The number of nitro benzene ring substituents is 1. The second kappa shape index (κ2) is 8.47. The number of benzene rings is 3. The van der Waals surface area contributed by atoms with Crippen molar-refractivity contribution in [3.63, 3.8) is 0 Å². The Morgan fingerprint density at radius 2 is 1.68 bits per heavy atom. The molecule has 4 rings (SSSR count). The lowest BCUT2D eigenvalue weighted by molar-refractivity contribution is -0.384. The summed E-state index contributed by atoms with van der Waals surface area (Å²) >= 11 is 1.48. The quantitative estimate of drug-likeness (QED) is 0.185. The summed E-state index contributed by atoms with van der Waals surface area (Å²) in [6, 6.07) is 19.6. The number of non-ortho nitro benzene ring substituents is 1. The molecule has 4 nitrogen and oxygen atoms in total. The van der Waals surface area contributed by atoms with Gasteiger partial charge < -0.3 is 4.57 Å². The fourth-order valence-electron chi connectivity index (χ4n) is 3.38. The summed E-state index contributed by atoms with van der Waals surface area (Å²) in [4.78, 5) is 11.4. The summed E-state index contributed by atoms with van der Waals surface area (Å²) in [5, 5.41) is 11.9. The summed E-state index contributed by atoms with van der Waals surface area (Å²) in [6.45, 7) is 0.530. The van der Waals surface area contributed by atoms with Gasteiger partial charge in [-0.05, 0) is 23.3 Å². The van der Waals surface area contributed by atoms with Gasteiger partial charge in [-0.25, -0.2) is 0 Å². The Hall–Kier alpha value is -3.26. The molecule has 0 aliphatic heterocycles. The highest BCUT2D eigenvalue weighted by Gasteiger charge is 2.30. The average molecular weight is 442 g/mol. The van der Waals surface area contributed by atoms with E-state index in [0.29, 0.717) is 17.9 Å². The van der Waals surface area contributed by atoms with E-state index in [1.807, 2.05) is 35.0 Å². The van der Waals surface area contributed by atoms with Gasteiger partial charge in [-0.1, -0.05) is 48.5 Å². The van der Waals surface area contributed by atoms with E-state index in [9.17, 15) is 23.3 Å². The van der Waals surface area contributed by atoms with Gasteiger partial charge in [-0.15, -0.1) is 11.8 Å². The maximum atomic E-state index is 13.0. The number of nitrogens with zero attached hydrogens (tertiary/aromatic N) is 2. The summed E-state index contributed by atoms with van der Waals surface area (Å²) in [7, 11) is 0. The normalized spacial score (nSPS) is 11.7. The Bertz CT molecular complexity index is 1230. The van der Waals surface area contributed by atoms with Gasteiger partial charge in [-0.3, -0.25) is 10.1 Å². The Balaban J connectivity index is 1.57. The lowest BCUT2D eigenvalue weighted by Crippen LogP contribution is -2.04. The molecule has 3 aromatic carbocycles. The second-order valence-corrected chi connectivity index (χ2v) is 8.07. The third kappa shape index (κ3) is 4.74. The maximum Gasteiger partial charge on any atom is 0.416 e. The largest absolute Gasteiger partial charge is 0.416 e. The van der Waals surface area contributed by atoms with E-state index in [1.54, 1.807) is 18.2 Å². The first-order valence-electron chi connectivity index (χ1n) is 9.41. The standard InChI is InChI=1S/C23H17F3N2O2S/c24-23(25,26)18-5-3-4-17(12-18)15-31-22-14-27(21-7-2-1-6-20(21)22)13-16-8-10-19(11-9-16)28(29)30/h1-12,14H,13,15H2. The molecule has 0 bridgehead atoms. The van der Waals surface area contributed by atoms with Gasteiger partial charge in [0.2, 0.25) is 0 Å². The van der Waals surface area contributed by atoms with Gasteiger partial charge in [0, 0.05) is 46.4 Å². The fraction of sp³-hybridized carbons (Fsp3) is 0.130. The van der Waals surface area contributed by atoms with Crippen molar-refractivity contribution in [1.82, 2.24) is 4.57 Å². The summed E-state index contributed by atoms with van der Waals surface area (Å²) < 4.78 is 41.0. The molecular formula is C23H17F3N2O2S. The van der Waals surface area contributed by atoms with Crippen molar-refractivity contribution in [3.05, 3.63) is 106 Å². The minimum Gasteiger partial charge on any atom is -0.342 e. The molecule has 4 aromatic rings. The zero-order chi connectivity index (χ0) is 22.0. The van der Waals surface area contributed by atoms with Crippen molar-refractivity contribution >= 4 is 28.4 Å². The maximum absolute atomic E-state index is 13.0. The number of thioether (sulfide) groups is 1. The van der Waals surface area contributed by atoms with Gasteiger partial charge in [-0.2, -0.15) is 13.2 Å². The molecule has 31 heavy (non-hydrogen) atoms. The molecule has 0 atom stereocenters. The second-order valence-electron chi connectivity index (χ2n) is 7.05. The van der Waals surface area contributed by atoms with E-state index >= 15 is 0 Å². The molecule has 0 unspecified atom stereocenters. The smallest absolute Gasteiger partial charge is 0.342 e. The molecule has 0 aliphatic carbocycles. The zero-order valence-corrected chi connectivity index (χ0v) is 17.0. The van der Waals surface area contributed by atoms with Crippen LogP contribution in [0.25, 0.3) is 10.9 Å². The van der Waals surface area contributed by atoms with Gasteiger partial charge in [0.1, 0.15) is 0 Å². The van der Waals surface area contributed by atoms with Crippen LogP contribution < -0.4 is 0 Å². The Morgan fingerprint density at radius 1 is 0.935 bits per heavy atom. The van der Waals surface area contributed by atoms with Crippen LogP contribution >= 0.6 is 11.8 Å². The number of nitro groups is 1. The number of para-hydroxylation sites is 1. The van der Waals surface area contributed by atoms with E-state index in [0.717, 1.165) is 27.4 Å². The number of aromatic nitrogens is 1. The molecule has 0 N–H and O–H groups in total. The predicted octanol–water partition coefficient (Wildman–Crippen LogP) is 6.91. The highest BCUT2D eigenvalue weighted by Crippen LogP contribution is 2.34. The summed E-state index contributed by atoms with van der Waals surface area (Å²) in [5.41, 5.74) is 1.91. The van der Waals surface area contributed by atoms with Crippen LogP contribution in [0.4, 0.5) is 18.9 Å². The van der Waals surface area contributed by atoms with Crippen molar-refractivity contribution in [2.75, 3.05) is 0 Å². The first kappa shape index (κ1) is 21.0. The van der Waals surface area contributed by atoms with Crippen LogP contribution in [0.15, 0.2) is 83.9 Å². The number of fused-ring (bicyclic) bond motifs is 1. The molecule has 158 valence electrons. The van der Waals surface area contributed by atoms with Gasteiger partial charge in [0.15, 0.2) is 0 Å². The van der Waals surface area contributed by atoms with Crippen molar-refractivity contribution < 1.29 is 18.1 Å². The minimum atomic E-state index is -4.36. The van der Waals surface area contributed by atoms with Crippen LogP contribution in [-0.4, -0.2) is 9.49 Å². The molecule has 0 spiro atoms. The van der Waals surface area contributed by atoms with Crippen LogP contribution in [0.5, 0.6) is 0 Å². The average Bonchev–Trinajstić information content (AvgIpc) is 3.10. The summed E-state index contributed by atoms with van der Waals surface area (Å²) in [5.74, 6) is 0.412. The highest BCUT2D eigenvalue weighted by atomic mass is 32.2. The van der Waals surface area contributed by atoms with Gasteiger partial charge in [0.05, 0.1) is 10.5 Å². The number of halogens is 3. The molecule has 0 aliphatic rings. The number of hydrogen-bond acceptors (Lipinski definition) is 3. The summed E-state index contributed by atoms with van der Waals surface area (Å²) in [6.07, 6.45) is -2.38. The first-order valence-corrected chi connectivity index (χ1v) is 10.4. The fourth-order valence-corrected chi connectivity index (χ4v) is 4.41. The van der Waals surface area contributed by atoms with Crippen molar-refractivity contribution in [1.29, 1.82) is 0 Å². The lowest BCUT2D eigenvalue weighted by Gasteiger charge is -2.08. The molecular weight excluding hydrogens is 425 g/mol. The van der Waals surface area contributed by atoms with Crippen molar-refractivity contribution in [2.24, 2.45) is 0 Å².